The average Bonchev–Trinajstić information content (AvgIpc) is 2.55. The largest absolute Gasteiger partial charge is 0.469 e. The molecule has 5 nitrogen and oxygen atoms in total. The second-order valence-electron chi connectivity index (χ2n) is 5.34. The summed E-state index contributed by atoms with van der Waals surface area (Å²) in [6.07, 6.45) is 5.46. The number of hydrogen-bond donors (Lipinski definition) is 0. The molecule has 0 aliphatic carbocycles. The molecular weight excluding hydrogens is 266 g/mol. The Kier molecular flexibility index (Phi) is 3.99. The first-order chi connectivity index (χ1) is 10.3. The zero-order valence-electron chi connectivity index (χ0n) is 12.2. The van der Waals surface area contributed by atoms with Crippen LogP contribution in [0.3, 0.4) is 0 Å². The van der Waals surface area contributed by atoms with Crippen LogP contribution in [0, 0.1) is 0 Å². The van der Waals surface area contributed by atoms with Crippen molar-refractivity contribution in [2.75, 3.05) is 18.6 Å². The first-order valence-corrected chi connectivity index (χ1v) is 7.33. The van der Waals surface area contributed by atoms with Gasteiger partial charge < -0.3 is 9.64 Å². The lowest BCUT2D eigenvalue weighted by atomic mass is 9.99. The van der Waals surface area contributed by atoms with Crippen molar-refractivity contribution in [2.45, 2.75) is 31.7 Å². The highest BCUT2D eigenvalue weighted by molar-refractivity contribution is 5.75. The van der Waals surface area contributed by atoms with E-state index in [1.165, 1.54) is 7.11 Å². The number of esters is 1. The summed E-state index contributed by atoms with van der Waals surface area (Å²) < 4.78 is 4.81. The van der Waals surface area contributed by atoms with E-state index in [1.807, 2.05) is 24.3 Å². The van der Waals surface area contributed by atoms with Crippen LogP contribution in [0.5, 0.6) is 0 Å². The molecule has 0 N–H and O–H groups in total. The third kappa shape index (κ3) is 2.96. The number of para-hydroxylation sites is 2. The smallest absolute Gasteiger partial charge is 0.307 e. The van der Waals surface area contributed by atoms with Gasteiger partial charge in [-0.1, -0.05) is 12.1 Å². The molecule has 1 atom stereocenters. The van der Waals surface area contributed by atoms with Crippen molar-refractivity contribution in [3.05, 3.63) is 30.5 Å². The number of benzene rings is 1. The van der Waals surface area contributed by atoms with Gasteiger partial charge in [0.05, 0.1) is 30.8 Å². The van der Waals surface area contributed by atoms with Crippen LogP contribution in [0.25, 0.3) is 11.0 Å². The molecule has 3 rings (SSSR count). The summed E-state index contributed by atoms with van der Waals surface area (Å²) in [5.74, 6) is 0.683. The Morgan fingerprint density at radius 2 is 2.14 bits per heavy atom. The highest BCUT2D eigenvalue weighted by Crippen LogP contribution is 2.26. The number of methoxy groups -OCH3 is 1. The molecule has 0 saturated carbocycles. The molecule has 1 unspecified atom stereocenters. The van der Waals surface area contributed by atoms with Gasteiger partial charge >= 0.3 is 5.97 Å². The molecule has 5 heteroatoms. The van der Waals surface area contributed by atoms with Gasteiger partial charge in [-0.05, 0) is 31.4 Å². The monoisotopic (exact) mass is 285 g/mol. The van der Waals surface area contributed by atoms with Crippen molar-refractivity contribution in [1.82, 2.24) is 9.97 Å². The SMILES string of the molecule is COC(=O)CC1CCCCN1c1cnc2ccccc2n1. The summed E-state index contributed by atoms with van der Waals surface area (Å²) in [5.41, 5.74) is 1.78. The Bertz CT molecular complexity index is 644. The number of rotatable bonds is 3. The zero-order valence-corrected chi connectivity index (χ0v) is 12.2. The fraction of sp³-hybridized carbons (Fsp3) is 0.438. The first kappa shape index (κ1) is 13.8. The molecule has 21 heavy (non-hydrogen) atoms. The summed E-state index contributed by atoms with van der Waals surface area (Å²) in [5, 5.41) is 0. The van der Waals surface area contributed by atoms with Gasteiger partial charge in [0.25, 0.3) is 0 Å². The fourth-order valence-corrected chi connectivity index (χ4v) is 2.88. The molecule has 1 aromatic heterocycles. The molecular formula is C16H19N3O2. The quantitative estimate of drug-likeness (QED) is 0.811. The second-order valence-corrected chi connectivity index (χ2v) is 5.34. The van der Waals surface area contributed by atoms with Crippen molar-refractivity contribution < 1.29 is 9.53 Å². The highest BCUT2D eigenvalue weighted by atomic mass is 16.5. The highest BCUT2D eigenvalue weighted by Gasteiger charge is 2.26. The molecule has 1 saturated heterocycles. The van der Waals surface area contributed by atoms with Gasteiger partial charge in [-0.2, -0.15) is 0 Å². The average molecular weight is 285 g/mol. The summed E-state index contributed by atoms with van der Waals surface area (Å²) in [4.78, 5) is 22.9. The minimum atomic E-state index is -0.166. The molecule has 2 aromatic rings. The number of aromatic nitrogens is 2. The Balaban J connectivity index is 1.88. The maximum Gasteiger partial charge on any atom is 0.307 e. The molecule has 110 valence electrons. The maximum absolute atomic E-state index is 11.6. The summed E-state index contributed by atoms with van der Waals surface area (Å²) in [6, 6.07) is 7.99. The van der Waals surface area contributed by atoms with Crippen molar-refractivity contribution in [3.8, 4) is 0 Å². The maximum atomic E-state index is 11.6. The van der Waals surface area contributed by atoms with Crippen molar-refractivity contribution in [2.24, 2.45) is 0 Å². The van der Waals surface area contributed by atoms with E-state index in [0.717, 1.165) is 42.7 Å². The third-order valence-electron chi connectivity index (χ3n) is 3.99. The van der Waals surface area contributed by atoms with Crippen LogP contribution >= 0.6 is 0 Å². The molecule has 0 radical (unpaired) electrons. The summed E-state index contributed by atoms with van der Waals surface area (Å²) in [6.45, 7) is 0.911. The lowest BCUT2D eigenvalue weighted by Gasteiger charge is -2.36. The fourth-order valence-electron chi connectivity index (χ4n) is 2.88. The van der Waals surface area contributed by atoms with Crippen LogP contribution in [-0.2, 0) is 9.53 Å². The molecule has 2 heterocycles. The third-order valence-corrected chi connectivity index (χ3v) is 3.99. The van der Waals surface area contributed by atoms with Crippen LogP contribution in [0.2, 0.25) is 0 Å². The molecule has 1 aliphatic heterocycles. The van der Waals surface area contributed by atoms with Crippen molar-refractivity contribution >= 4 is 22.8 Å². The number of carbonyl (C=O) groups is 1. The Morgan fingerprint density at radius 3 is 2.95 bits per heavy atom. The summed E-state index contributed by atoms with van der Waals surface area (Å²) >= 11 is 0. The van der Waals surface area contributed by atoms with E-state index in [4.69, 9.17) is 9.72 Å². The van der Waals surface area contributed by atoms with E-state index in [2.05, 4.69) is 9.88 Å². The first-order valence-electron chi connectivity index (χ1n) is 7.33. The minimum Gasteiger partial charge on any atom is -0.469 e. The Hall–Kier alpha value is -2.17. The van der Waals surface area contributed by atoms with Gasteiger partial charge in [-0.25, -0.2) is 4.98 Å². The van der Waals surface area contributed by atoms with Crippen LogP contribution in [0.1, 0.15) is 25.7 Å². The Labute approximate surface area is 124 Å². The van der Waals surface area contributed by atoms with Crippen LogP contribution < -0.4 is 4.90 Å². The van der Waals surface area contributed by atoms with Crippen molar-refractivity contribution in [1.29, 1.82) is 0 Å². The number of piperidine rings is 1. The Morgan fingerprint density at radius 1 is 1.33 bits per heavy atom. The van der Waals surface area contributed by atoms with E-state index in [-0.39, 0.29) is 12.0 Å². The predicted molar refractivity (Wildman–Crippen MR) is 81.2 cm³/mol. The predicted octanol–water partition coefficient (Wildman–Crippen LogP) is 2.55. The van der Waals surface area contributed by atoms with E-state index in [1.54, 1.807) is 6.20 Å². The van der Waals surface area contributed by atoms with Gasteiger partial charge in [-0.3, -0.25) is 9.78 Å². The number of fused-ring (bicyclic) bond motifs is 1. The second kappa shape index (κ2) is 6.08. The number of nitrogens with zero attached hydrogens (tertiary/aromatic N) is 3. The van der Waals surface area contributed by atoms with E-state index in [9.17, 15) is 4.79 Å². The molecule has 1 aliphatic rings. The molecule has 0 amide bonds. The molecule has 1 fully saturated rings. The molecule has 0 bridgehead atoms. The van der Waals surface area contributed by atoms with Gasteiger partial charge in [0.2, 0.25) is 0 Å². The lowest BCUT2D eigenvalue weighted by Crippen LogP contribution is -2.41. The van der Waals surface area contributed by atoms with Crippen LogP contribution in [-0.4, -0.2) is 35.6 Å². The number of hydrogen-bond acceptors (Lipinski definition) is 5. The normalized spacial score (nSPS) is 18.7. The zero-order chi connectivity index (χ0) is 14.7. The van der Waals surface area contributed by atoms with Crippen molar-refractivity contribution in [3.63, 3.8) is 0 Å². The van der Waals surface area contributed by atoms with E-state index in [0.29, 0.717) is 6.42 Å². The summed E-state index contributed by atoms with van der Waals surface area (Å²) in [7, 11) is 1.44. The van der Waals surface area contributed by atoms with Gasteiger partial charge in [-0.15, -0.1) is 0 Å². The number of carbonyl (C=O) groups excluding carboxylic acids is 1. The number of ether oxygens (including phenoxy) is 1. The van der Waals surface area contributed by atoms with Gasteiger partial charge in [0, 0.05) is 12.6 Å². The van der Waals surface area contributed by atoms with Crippen LogP contribution in [0.15, 0.2) is 30.5 Å². The lowest BCUT2D eigenvalue weighted by molar-refractivity contribution is -0.141. The van der Waals surface area contributed by atoms with Gasteiger partial charge in [0.15, 0.2) is 0 Å². The number of anilines is 1. The minimum absolute atomic E-state index is 0.154. The standard InChI is InChI=1S/C16H19N3O2/c1-21-16(20)10-12-6-4-5-9-19(12)15-11-17-13-7-2-3-8-14(13)18-15/h2-3,7-8,11-12H,4-6,9-10H2,1H3. The van der Waals surface area contributed by atoms with E-state index < -0.39 is 0 Å². The molecule has 1 aromatic carbocycles. The molecule has 0 spiro atoms. The van der Waals surface area contributed by atoms with E-state index >= 15 is 0 Å². The topological polar surface area (TPSA) is 55.3 Å². The van der Waals surface area contributed by atoms with Gasteiger partial charge in [0.1, 0.15) is 5.82 Å². The van der Waals surface area contributed by atoms with Crippen LogP contribution in [0.4, 0.5) is 5.82 Å².